The van der Waals surface area contributed by atoms with E-state index < -0.39 is 17.9 Å². The average Bonchev–Trinajstić information content (AvgIpc) is 3.36. The molecule has 1 aliphatic rings. The molecule has 0 saturated heterocycles. The Morgan fingerprint density at radius 3 is 2.48 bits per heavy atom. The zero-order valence-electron chi connectivity index (χ0n) is 15.6. The fourth-order valence-corrected chi connectivity index (χ4v) is 4.06. The van der Waals surface area contributed by atoms with E-state index in [1.165, 1.54) is 0 Å². The van der Waals surface area contributed by atoms with Crippen LogP contribution in [0.5, 0.6) is 0 Å². The van der Waals surface area contributed by atoms with Crippen LogP contribution < -0.4 is 10.6 Å². The van der Waals surface area contributed by atoms with Crippen molar-refractivity contribution in [1.82, 2.24) is 5.32 Å². The molecule has 1 atom stereocenters. The van der Waals surface area contributed by atoms with Crippen molar-refractivity contribution >= 4 is 28.8 Å². The summed E-state index contributed by atoms with van der Waals surface area (Å²) in [6.45, 7) is 0. The van der Waals surface area contributed by atoms with Crippen molar-refractivity contribution in [2.24, 2.45) is 0 Å². The van der Waals surface area contributed by atoms with Gasteiger partial charge in [-0.2, -0.15) is 0 Å². The van der Waals surface area contributed by atoms with Crippen LogP contribution in [0.25, 0.3) is 10.4 Å². The third kappa shape index (κ3) is 4.22. The number of aliphatic hydroxyl groups is 1. The zero-order valence-corrected chi connectivity index (χ0v) is 16.4. The van der Waals surface area contributed by atoms with Crippen molar-refractivity contribution < 1.29 is 14.7 Å². The van der Waals surface area contributed by atoms with E-state index in [4.69, 9.17) is 0 Å². The van der Waals surface area contributed by atoms with Crippen LogP contribution in [-0.2, 0) is 16.0 Å². The molecule has 0 saturated carbocycles. The molecule has 6 heteroatoms. The first-order chi connectivity index (χ1) is 14.1. The first kappa shape index (κ1) is 19.0. The molecule has 2 amide bonds. The van der Waals surface area contributed by atoms with Gasteiger partial charge in [-0.3, -0.25) is 9.59 Å². The van der Waals surface area contributed by atoms with Gasteiger partial charge >= 0.3 is 0 Å². The molecule has 0 bridgehead atoms. The molecule has 1 unspecified atom stereocenters. The second-order valence-corrected chi connectivity index (χ2v) is 7.77. The minimum absolute atomic E-state index is 0.196. The number of aryl methyl sites for hydroxylation is 1. The lowest BCUT2D eigenvalue weighted by atomic mass is 10.0. The summed E-state index contributed by atoms with van der Waals surface area (Å²) < 4.78 is 0. The average molecular weight is 404 g/mol. The fraction of sp³-hybridized carbons (Fsp3) is 0.130. The van der Waals surface area contributed by atoms with Gasteiger partial charge in [-0.1, -0.05) is 48.5 Å². The number of rotatable bonds is 6. The molecule has 1 aromatic heterocycles. The number of amides is 2. The molecule has 0 spiro atoms. The Morgan fingerprint density at radius 1 is 1.03 bits per heavy atom. The molecular formula is C23H20N2O3S. The summed E-state index contributed by atoms with van der Waals surface area (Å²) in [5.74, 6) is -1.35. The van der Waals surface area contributed by atoms with Gasteiger partial charge in [0, 0.05) is 10.6 Å². The van der Waals surface area contributed by atoms with Gasteiger partial charge in [0.2, 0.25) is 0 Å². The van der Waals surface area contributed by atoms with Gasteiger partial charge in [-0.05, 0) is 47.5 Å². The van der Waals surface area contributed by atoms with Crippen molar-refractivity contribution in [3.05, 3.63) is 89.0 Å². The molecule has 0 aliphatic carbocycles. The van der Waals surface area contributed by atoms with E-state index in [2.05, 4.69) is 10.6 Å². The van der Waals surface area contributed by atoms with Gasteiger partial charge in [0.1, 0.15) is 11.3 Å². The van der Waals surface area contributed by atoms with Gasteiger partial charge in [0.15, 0.2) is 0 Å². The van der Waals surface area contributed by atoms with E-state index in [0.717, 1.165) is 16.0 Å². The lowest BCUT2D eigenvalue weighted by Crippen LogP contribution is -2.30. The van der Waals surface area contributed by atoms with Gasteiger partial charge in [0.25, 0.3) is 11.8 Å². The number of nitrogens with one attached hydrogen (secondary N) is 2. The molecule has 2 heterocycles. The molecule has 29 heavy (non-hydrogen) atoms. The number of anilines is 1. The molecule has 4 rings (SSSR count). The van der Waals surface area contributed by atoms with Gasteiger partial charge in [-0.15, -0.1) is 11.3 Å². The Morgan fingerprint density at radius 2 is 1.79 bits per heavy atom. The van der Waals surface area contributed by atoms with E-state index in [0.29, 0.717) is 18.5 Å². The standard InChI is InChI=1S/C23H20N2O3S/c26-21-18(13-8-15-5-2-1-3-6-15)25-23(28)20(21)22(27)24-17-11-9-16(10-12-17)19-7-4-14-29-19/h1-7,9-12,14,18,26H,8,13H2,(H,24,27)(H,25,28). The summed E-state index contributed by atoms with van der Waals surface area (Å²) in [6, 6.07) is 20.7. The van der Waals surface area contributed by atoms with Crippen molar-refractivity contribution in [3.8, 4) is 10.4 Å². The van der Waals surface area contributed by atoms with Crippen molar-refractivity contribution in [2.75, 3.05) is 5.32 Å². The van der Waals surface area contributed by atoms with Gasteiger partial charge in [0.05, 0.1) is 6.04 Å². The molecule has 146 valence electrons. The Balaban J connectivity index is 1.43. The number of benzene rings is 2. The minimum Gasteiger partial charge on any atom is -0.509 e. The topological polar surface area (TPSA) is 78.4 Å². The van der Waals surface area contributed by atoms with Crippen LogP contribution in [0.2, 0.25) is 0 Å². The molecular weight excluding hydrogens is 384 g/mol. The Bertz CT molecular complexity index is 1040. The lowest BCUT2D eigenvalue weighted by Gasteiger charge is -2.10. The summed E-state index contributed by atoms with van der Waals surface area (Å²) >= 11 is 1.64. The number of thiophene rings is 1. The van der Waals surface area contributed by atoms with Gasteiger partial charge in [-0.25, -0.2) is 0 Å². The van der Waals surface area contributed by atoms with Crippen LogP contribution in [0.1, 0.15) is 12.0 Å². The summed E-state index contributed by atoms with van der Waals surface area (Å²) in [5, 5.41) is 17.9. The summed E-state index contributed by atoms with van der Waals surface area (Å²) in [7, 11) is 0. The molecule has 1 aliphatic heterocycles. The third-order valence-corrected chi connectivity index (χ3v) is 5.78. The summed E-state index contributed by atoms with van der Waals surface area (Å²) in [4.78, 5) is 26.0. The Hall–Kier alpha value is -3.38. The van der Waals surface area contributed by atoms with Crippen molar-refractivity contribution in [2.45, 2.75) is 18.9 Å². The zero-order chi connectivity index (χ0) is 20.2. The number of aliphatic hydroxyl groups excluding tert-OH is 1. The maximum absolute atomic E-state index is 12.6. The second-order valence-electron chi connectivity index (χ2n) is 6.82. The molecule has 5 nitrogen and oxygen atoms in total. The van der Waals surface area contributed by atoms with Crippen LogP contribution in [0.4, 0.5) is 5.69 Å². The Labute approximate surface area is 172 Å². The maximum atomic E-state index is 12.6. The molecule has 3 aromatic rings. The van der Waals surface area contributed by atoms with Crippen LogP contribution in [0.15, 0.2) is 83.4 Å². The van der Waals surface area contributed by atoms with E-state index in [9.17, 15) is 14.7 Å². The largest absolute Gasteiger partial charge is 0.509 e. The summed E-state index contributed by atoms with van der Waals surface area (Å²) in [5.41, 5.74) is 2.51. The van der Waals surface area contributed by atoms with Crippen molar-refractivity contribution in [3.63, 3.8) is 0 Å². The third-order valence-electron chi connectivity index (χ3n) is 4.86. The molecule has 2 aromatic carbocycles. The summed E-state index contributed by atoms with van der Waals surface area (Å²) in [6.07, 6.45) is 1.21. The maximum Gasteiger partial charge on any atom is 0.264 e. The highest BCUT2D eigenvalue weighted by Crippen LogP contribution is 2.26. The number of carbonyl (C=O) groups excluding carboxylic acids is 2. The number of hydrogen-bond donors (Lipinski definition) is 3. The van der Waals surface area contributed by atoms with Crippen LogP contribution in [0.3, 0.4) is 0 Å². The monoisotopic (exact) mass is 404 g/mol. The molecule has 0 radical (unpaired) electrons. The minimum atomic E-state index is -0.605. The Kier molecular flexibility index (Phi) is 5.44. The van der Waals surface area contributed by atoms with E-state index in [1.54, 1.807) is 23.5 Å². The molecule has 3 N–H and O–H groups in total. The number of hydrogen-bond acceptors (Lipinski definition) is 4. The van der Waals surface area contributed by atoms with Crippen LogP contribution in [-0.4, -0.2) is 23.0 Å². The first-order valence-electron chi connectivity index (χ1n) is 9.35. The lowest BCUT2D eigenvalue weighted by molar-refractivity contribution is -0.120. The fourth-order valence-electron chi connectivity index (χ4n) is 3.33. The predicted molar refractivity (Wildman–Crippen MR) is 115 cm³/mol. The van der Waals surface area contributed by atoms with E-state index >= 15 is 0 Å². The highest BCUT2D eigenvalue weighted by molar-refractivity contribution is 7.13. The second kappa shape index (κ2) is 8.32. The van der Waals surface area contributed by atoms with Gasteiger partial charge < -0.3 is 15.7 Å². The highest BCUT2D eigenvalue weighted by atomic mass is 32.1. The van der Waals surface area contributed by atoms with Crippen LogP contribution in [0, 0.1) is 0 Å². The first-order valence-corrected chi connectivity index (χ1v) is 10.2. The predicted octanol–water partition coefficient (Wildman–Crippen LogP) is 4.30. The van der Waals surface area contributed by atoms with E-state index in [-0.39, 0.29) is 11.3 Å². The van der Waals surface area contributed by atoms with E-state index in [1.807, 2.05) is 60.0 Å². The van der Waals surface area contributed by atoms with Crippen LogP contribution >= 0.6 is 11.3 Å². The SMILES string of the molecule is O=C(Nc1ccc(-c2cccs2)cc1)C1=C(O)C(CCc2ccccc2)NC1=O. The van der Waals surface area contributed by atoms with Crippen molar-refractivity contribution in [1.29, 1.82) is 0 Å². The quantitative estimate of drug-likeness (QED) is 0.536. The smallest absolute Gasteiger partial charge is 0.264 e. The highest BCUT2D eigenvalue weighted by Gasteiger charge is 2.35. The normalized spacial score (nSPS) is 16.0. The molecule has 0 fully saturated rings. The number of carbonyl (C=O) groups is 2.